The predicted molar refractivity (Wildman–Crippen MR) is 54.2 cm³/mol. The lowest BCUT2D eigenvalue weighted by atomic mass is 10.2. The van der Waals surface area contributed by atoms with E-state index in [0.717, 1.165) is 12.0 Å². The fourth-order valence-electron chi connectivity index (χ4n) is 1.42. The van der Waals surface area contributed by atoms with E-state index in [1.54, 1.807) is 0 Å². The van der Waals surface area contributed by atoms with Gasteiger partial charge in [-0.25, -0.2) is 0 Å². The van der Waals surface area contributed by atoms with Gasteiger partial charge in [0.25, 0.3) is 0 Å². The van der Waals surface area contributed by atoms with Crippen LogP contribution >= 0.6 is 0 Å². The predicted octanol–water partition coefficient (Wildman–Crippen LogP) is -1.03. The number of H-pyrrole nitrogens is 2. The Morgan fingerprint density at radius 2 is 1.71 bits per heavy atom. The van der Waals surface area contributed by atoms with Gasteiger partial charge in [-0.3, -0.25) is 9.59 Å². The first kappa shape index (κ1) is 8.74. The Morgan fingerprint density at radius 3 is 2.43 bits per heavy atom. The molecule has 4 heteroatoms. The number of fused-ring (bicyclic) bond motifs is 1. The van der Waals surface area contributed by atoms with Crippen molar-refractivity contribution in [2.75, 3.05) is 0 Å². The average Bonchev–Trinajstić information content (AvgIpc) is 2.28. The second kappa shape index (κ2) is 3.14. The van der Waals surface area contributed by atoms with Crippen molar-refractivity contribution in [3.05, 3.63) is 43.1 Å². The highest BCUT2D eigenvalue weighted by molar-refractivity contribution is 5.47. The van der Waals surface area contributed by atoms with Crippen molar-refractivity contribution in [3.63, 3.8) is 0 Å². The molecule has 0 atom stereocenters. The summed E-state index contributed by atoms with van der Waals surface area (Å²) in [5, 5.41) is 1.35. The third-order valence-corrected chi connectivity index (χ3v) is 2.13. The van der Waals surface area contributed by atoms with E-state index >= 15 is 0 Å². The molecule has 2 N–H and O–H groups in total. The Labute approximate surface area is 79.3 Å². The second-order valence-electron chi connectivity index (χ2n) is 3.27. The van der Waals surface area contributed by atoms with Crippen molar-refractivity contribution in [1.29, 1.82) is 0 Å². The van der Waals surface area contributed by atoms with E-state index in [-0.39, 0.29) is 0 Å². The van der Waals surface area contributed by atoms with Gasteiger partial charge in [0.2, 0.25) is 0 Å². The number of nitrogens with one attached hydrogen (secondary N) is 2. The van der Waals surface area contributed by atoms with Gasteiger partial charge in [0, 0.05) is 0 Å². The van der Waals surface area contributed by atoms with E-state index in [1.165, 1.54) is 0 Å². The lowest BCUT2D eigenvalue weighted by Crippen LogP contribution is -2.46. The topological polar surface area (TPSA) is 65.7 Å². The Balaban J connectivity index is 2.93. The van der Waals surface area contributed by atoms with E-state index in [2.05, 4.69) is 9.97 Å². The van der Waals surface area contributed by atoms with E-state index in [9.17, 15) is 9.59 Å². The summed E-state index contributed by atoms with van der Waals surface area (Å²) in [7, 11) is 0. The maximum atomic E-state index is 11.1. The summed E-state index contributed by atoms with van der Waals surface area (Å²) in [6, 6.07) is 0. The Kier molecular flexibility index (Phi) is 1.96. The molecule has 0 saturated heterocycles. The average molecular weight is 190 g/mol. The summed E-state index contributed by atoms with van der Waals surface area (Å²) in [5.41, 5.74) is -0.140. The lowest BCUT2D eigenvalue weighted by molar-refractivity contribution is 1.00. The van der Waals surface area contributed by atoms with Crippen LogP contribution in [0.5, 0.6) is 0 Å². The minimum absolute atomic E-state index is 0.604. The van der Waals surface area contributed by atoms with Gasteiger partial charge in [0.1, 0.15) is 0 Å². The van der Waals surface area contributed by atoms with Gasteiger partial charge in [-0.05, 0) is 19.4 Å². The molecule has 0 aromatic carbocycles. The van der Waals surface area contributed by atoms with Gasteiger partial charge >= 0.3 is 11.1 Å². The van der Waals surface area contributed by atoms with Crippen molar-refractivity contribution in [2.24, 2.45) is 0 Å². The molecule has 0 saturated carbocycles. The molecule has 2 rings (SSSR count). The van der Waals surface area contributed by atoms with Gasteiger partial charge in [-0.15, -0.1) is 0 Å². The van der Waals surface area contributed by atoms with Gasteiger partial charge in [0.05, 0.1) is 10.7 Å². The number of hydrogen-bond donors (Lipinski definition) is 2. The lowest BCUT2D eigenvalue weighted by Gasteiger charge is -1.89. The zero-order valence-corrected chi connectivity index (χ0v) is 7.76. The summed E-state index contributed by atoms with van der Waals surface area (Å²) in [6.07, 6.45) is 6.50. The Hall–Kier alpha value is -1.84. The molecular formula is C10H10N2O2. The monoisotopic (exact) mass is 190 g/mol. The molecule has 0 amide bonds. The van der Waals surface area contributed by atoms with Crippen LogP contribution in [0.2, 0.25) is 0 Å². The first-order valence-electron chi connectivity index (χ1n) is 4.38. The molecule has 0 radical (unpaired) electrons. The molecule has 0 bridgehead atoms. The van der Waals surface area contributed by atoms with Crippen molar-refractivity contribution < 1.29 is 0 Å². The Bertz CT molecular complexity index is 617. The van der Waals surface area contributed by atoms with E-state index in [4.69, 9.17) is 0 Å². The standard InChI is InChI=1S/C10H10N2O2/c1-6-3-2-4-7-8(5-6)12-10(14)9(13)11-7/h3-5H,2H2,1H3,(H,11,13)(H,12,14). The Morgan fingerprint density at radius 1 is 1.07 bits per heavy atom. The maximum absolute atomic E-state index is 11.1. The van der Waals surface area contributed by atoms with Crippen LogP contribution in [0.1, 0.15) is 13.3 Å². The molecule has 1 heterocycles. The van der Waals surface area contributed by atoms with Crippen LogP contribution in [0.3, 0.4) is 0 Å². The van der Waals surface area contributed by atoms with Crippen molar-refractivity contribution in [3.8, 4) is 0 Å². The maximum Gasteiger partial charge on any atom is 0.314 e. The molecule has 4 nitrogen and oxygen atoms in total. The first-order chi connectivity index (χ1) is 6.66. The first-order valence-corrected chi connectivity index (χ1v) is 4.38. The highest BCUT2D eigenvalue weighted by Gasteiger charge is 1.96. The van der Waals surface area contributed by atoms with Crippen molar-refractivity contribution in [1.82, 2.24) is 9.97 Å². The normalized spacial score (nSPS) is 14.5. The molecule has 0 spiro atoms. The number of aromatic amines is 2. The van der Waals surface area contributed by atoms with Crippen molar-refractivity contribution in [2.45, 2.75) is 13.3 Å². The third kappa shape index (κ3) is 1.46. The molecule has 1 aromatic heterocycles. The smallest absolute Gasteiger partial charge is 0.314 e. The fraction of sp³-hybridized carbons (Fsp3) is 0.200. The SMILES string of the molecule is CC1=CCC=c2[nH]c(=O)c(=O)[nH]c2=C1. The van der Waals surface area contributed by atoms with Crippen LogP contribution in [-0.2, 0) is 0 Å². The molecule has 0 unspecified atom stereocenters. The second-order valence-corrected chi connectivity index (χ2v) is 3.27. The fourth-order valence-corrected chi connectivity index (χ4v) is 1.42. The summed E-state index contributed by atoms with van der Waals surface area (Å²) in [5.74, 6) is 0. The van der Waals surface area contributed by atoms with Crippen LogP contribution in [0.4, 0.5) is 0 Å². The number of hydrogen-bond acceptors (Lipinski definition) is 2. The number of rotatable bonds is 0. The summed E-state index contributed by atoms with van der Waals surface area (Å²) in [6.45, 7) is 1.95. The van der Waals surface area contributed by atoms with Crippen LogP contribution in [0.15, 0.2) is 21.2 Å². The van der Waals surface area contributed by atoms with E-state index in [1.807, 2.05) is 25.2 Å². The molecule has 72 valence electrons. The third-order valence-electron chi connectivity index (χ3n) is 2.13. The van der Waals surface area contributed by atoms with Crippen LogP contribution in [-0.4, -0.2) is 9.97 Å². The highest BCUT2D eigenvalue weighted by Crippen LogP contribution is 1.97. The minimum atomic E-state index is -0.608. The molecule has 14 heavy (non-hydrogen) atoms. The zero-order chi connectivity index (χ0) is 10.1. The molecular weight excluding hydrogens is 180 g/mol. The van der Waals surface area contributed by atoms with E-state index < -0.39 is 11.1 Å². The van der Waals surface area contributed by atoms with Gasteiger partial charge in [-0.1, -0.05) is 17.7 Å². The summed E-state index contributed by atoms with van der Waals surface area (Å²) >= 11 is 0. The van der Waals surface area contributed by atoms with Gasteiger partial charge in [0.15, 0.2) is 0 Å². The van der Waals surface area contributed by atoms with Crippen LogP contribution < -0.4 is 21.8 Å². The summed E-state index contributed by atoms with van der Waals surface area (Å²) in [4.78, 5) is 27.2. The number of allylic oxidation sites excluding steroid dienone is 2. The van der Waals surface area contributed by atoms with Gasteiger partial charge in [-0.2, -0.15) is 0 Å². The number of aromatic nitrogens is 2. The molecule has 0 fully saturated rings. The van der Waals surface area contributed by atoms with E-state index in [0.29, 0.717) is 10.7 Å². The molecule has 0 aliphatic heterocycles. The molecule has 1 aliphatic carbocycles. The molecule has 1 aliphatic rings. The largest absolute Gasteiger partial charge is 0.316 e. The zero-order valence-electron chi connectivity index (χ0n) is 7.76. The summed E-state index contributed by atoms with van der Waals surface area (Å²) < 4.78 is 0. The minimum Gasteiger partial charge on any atom is -0.316 e. The van der Waals surface area contributed by atoms with Crippen LogP contribution in [0.25, 0.3) is 12.2 Å². The van der Waals surface area contributed by atoms with Crippen molar-refractivity contribution >= 4 is 12.2 Å². The quantitative estimate of drug-likeness (QED) is 0.514. The molecule has 1 aromatic rings. The van der Waals surface area contributed by atoms with Gasteiger partial charge < -0.3 is 9.97 Å². The van der Waals surface area contributed by atoms with Crippen LogP contribution in [0, 0.1) is 0 Å². The highest BCUT2D eigenvalue weighted by atomic mass is 16.2.